The minimum absolute atomic E-state index is 0.325. The van der Waals surface area contributed by atoms with Crippen molar-refractivity contribution >= 4 is 16.7 Å². The summed E-state index contributed by atoms with van der Waals surface area (Å²) in [6.07, 6.45) is 2.63. The van der Waals surface area contributed by atoms with Crippen molar-refractivity contribution in [1.29, 1.82) is 0 Å². The maximum Gasteiger partial charge on any atom is 0.136 e. The largest absolute Gasteiger partial charge is 0.380 e. The number of ether oxygens (including phenoxy) is 1. The smallest absolute Gasteiger partial charge is 0.136 e. The molecule has 2 aromatic rings. The summed E-state index contributed by atoms with van der Waals surface area (Å²) in [7, 11) is 3.71. The van der Waals surface area contributed by atoms with E-state index in [0.29, 0.717) is 6.10 Å². The minimum atomic E-state index is 0.325. The van der Waals surface area contributed by atoms with Crippen molar-refractivity contribution < 1.29 is 4.74 Å². The van der Waals surface area contributed by atoms with Gasteiger partial charge in [0.15, 0.2) is 0 Å². The van der Waals surface area contributed by atoms with Crippen LogP contribution in [-0.2, 0) is 11.8 Å². The van der Waals surface area contributed by atoms with Gasteiger partial charge in [-0.25, -0.2) is 4.68 Å². The van der Waals surface area contributed by atoms with E-state index in [1.54, 1.807) is 7.11 Å². The summed E-state index contributed by atoms with van der Waals surface area (Å²) in [4.78, 5) is 2.36. The summed E-state index contributed by atoms with van der Waals surface area (Å²) in [5.41, 5.74) is 3.23. The zero-order chi connectivity index (χ0) is 12.5. The summed E-state index contributed by atoms with van der Waals surface area (Å²) in [5, 5.41) is 8.37. The first kappa shape index (κ1) is 11.5. The number of aromatic nitrogens is 3. The molecule has 1 aliphatic rings. The van der Waals surface area contributed by atoms with E-state index in [0.717, 1.165) is 37.0 Å². The molecule has 0 aliphatic carbocycles. The van der Waals surface area contributed by atoms with E-state index in [1.807, 2.05) is 11.7 Å². The SMILES string of the molecule is CO[C@H]1CCCN(c2cccc3c2nnn3C)C1. The highest BCUT2D eigenvalue weighted by Crippen LogP contribution is 2.27. The maximum absolute atomic E-state index is 5.48. The van der Waals surface area contributed by atoms with E-state index in [4.69, 9.17) is 4.74 Å². The van der Waals surface area contributed by atoms with Gasteiger partial charge in [0, 0.05) is 27.2 Å². The summed E-state index contributed by atoms with van der Waals surface area (Å²) < 4.78 is 7.29. The first-order chi connectivity index (χ1) is 8.79. The molecule has 0 bridgehead atoms. The lowest BCUT2D eigenvalue weighted by Gasteiger charge is -2.33. The molecule has 2 heterocycles. The van der Waals surface area contributed by atoms with Crippen LogP contribution in [0.25, 0.3) is 11.0 Å². The van der Waals surface area contributed by atoms with Crippen molar-refractivity contribution in [3.05, 3.63) is 18.2 Å². The molecule has 1 fully saturated rings. The number of aryl methyl sites for hydroxylation is 1. The standard InChI is InChI=1S/C13H18N4O/c1-16-11-6-3-7-12(13(11)14-15-16)17-8-4-5-10(9-17)18-2/h3,6-7,10H,4-5,8-9H2,1-2H3/t10-/m0/s1. The van der Waals surface area contributed by atoms with Gasteiger partial charge in [-0.1, -0.05) is 11.3 Å². The molecule has 0 N–H and O–H groups in total. The molecular formula is C13H18N4O. The first-order valence-corrected chi connectivity index (χ1v) is 6.35. The van der Waals surface area contributed by atoms with Crippen LogP contribution in [0.1, 0.15) is 12.8 Å². The molecular weight excluding hydrogens is 228 g/mol. The average Bonchev–Trinajstić information content (AvgIpc) is 2.81. The van der Waals surface area contributed by atoms with Crippen molar-refractivity contribution in [2.45, 2.75) is 18.9 Å². The third kappa shape index (κ3) is 1.84. The molecule has 0 saturated carbocycles. The number of methoxy groups -OCH3 is 1. The van der Waals surface area contributed by atoms with Gasteiger partial charge < -0.3 is 9.64 Å². The number of rotatable bonds is 2. The number of benzene rings is 1. The fraction of sp³-hybridized carbons (Fsp3) is 0.538. The predicted octanol–water partition coefficient (Wildman–Crippen LogP) is 1.58. The van der Waals surface area contributed by atoms with Crippen LogP contribution in [0.4, 0.5) is 5.69 Å². The highest BCUT2D eigenvalue weighted by atomic mass is 16.5. The molecule has 0 amide bonds. The van der Waals surface area contributed by atoms with Crippen LogP contribution in [0.2, 0.25) is 0 Å². The second-order valence-electron chi connectivity index (χ2n) is 4.80. The summed E-state index contributed by atoms with van der Waals surface area (Å²) >= 11 is 0. The fourth-order valence-corrected chi connectivity index (χ4v) is 2.65. The molecule has 3 rings (SSSR count). The topological polar surface area (TPSA) is 43.2 Å². The monoisotopic (exact) mass is 246 g/mol. The average molecular weight is 246 g/mol. The Bertz CT molecular complexity index is 551. The molecule has 0 radical (unpaired) electrons. The Labute approximate surface area is 106 Å². The molecule has 1 aliphatic heterocycles. The van der Waals surface area contributed by atoms with E-state index in [2.05, 4.69) is 33.4 Å². The molecule has 1 atom stereocenters. The van der Waals surface area contributed by atoms with Crippen LogP contribution in [0.15, 0.2) is 18.2 Å². The lowest BCUT2D eigenvalue weighted by molar-refractivity contribution is 0.0894. The number of fused-ring (bicyclic) bond motifs is 1. The zero-order valence-corrected chi connectivity index (χ0v) is 10.8. The number of anilines is 1. The van der Waals surface area contributed by atoms with Crippen LogP contribution in [0.3, 0.4) is 0 Å². The second kappa shape index (κ2) is 4.57. The summed E-state index contributed by atoms with van der Waals surface area (Å²) in [5.74, 6) is 0. The highest BCUT2D eigenvalue weighted by Gasteiger charge is 2.22. The van der Waals surface area contributed by atoms with Gasteiger partial charge in [0.05, 0.1) is 17.3 Å². The Morgan fingerprint density at radius 2 is 2.28 bits per heavy atom. The molecule has 0 spiro atoms. The summed E-state index contributed by atoms with van der Waals surface area (Å²) in [6.45, 7) is 2.00. The Morgan fingerprint density at radius 3 is 3.11 bits per heavy atom. The van der Waals surface area contributed by atoms with Crippen molar-refractivity contribution in [2.75, 3.05) is 25.1 Å². The lowest BCUT2D eigenvalue weighted by atomic mass is 10.1. The predicted molar refractivity (Wildman–Crippen MR) is 70.8 cm³/mol. The highest BCUT2D eigenvalue weighted by molar-refractivity contribution is 5.88. The van der Waals surface area contributed by atoms with Crippen LogP contribution >= 0.6 is 0 Å². The molecule has 96 valence electrons. The first-order valence-electron chi connectivity index (χ1n) is 6.35. The molecule has 1 saturated heterocycles. The van der Waals surface area contributed by atoms with Gasteiger partial charge in [-0.2, -0.15) is 0 Å². The molecule has 0 unspecified atom stereocenters. The number of hydrogen-bond acceptors (Lipinski definition) is 4. The zero-order valence-electron chi connectivity index (χ0n) is 10.8. The third-order valence-corrected chi connectivity index (χ3v) is 3.67. The van der Waals surface area contributed by atoms with E-state index in [9.17, 15) is 0 Å². The fourth-order valence-electron chi connectivity index (χ4n) is 2.65. The van der Waals surface area contributed by atoms with E-state index in [1.165, 1.54) is 5.69 Å². The van der Waals surface area contributed by atoms with Gasteiger partial charge in [0.1, 0.15) is 5.52 Å². The van der Waals surface area contributed by atoms with E-state index < -0.39 is 0 Å². The number of nitrogens with zero attached hydrogens (tertiary/aromatic N) is 4. The Balaban J connectivity index is 1.98. The van der Waals surface area contributed by atoms with Crippen molar-refractivity contribution in [2.24, 2.45) is 7.05 Å². The van der Waals surface area contributed by atoms with Crippen molar-refractivity contribution in [1.82, 2.24) is 15.0 Å². The van der Waals surface area contributed by atoms with Gasteiger partial charge in [-0.15, -0.1) is 5.10 Å². The minimum Gasteiger partial charge on any atom is -0.380 e. The van der Waals surface area contributed by atoms with Gasteiger partial charge in [-0.05, 0) is 25.0 Å². The van der Waals surface area contributed by atoms with Gasteiger partial charge in [0.2, 0.25) is 0 Å². The van der Waals surface area contributed by atoms with E-state index in [-0.39, 0.29) is 0 Å². The number of piperidine rings is 1. The van der Waals surface area contributed by atoms with Crippen LogP contribution < -0.4 is 4.90 Å². The molecule has 5 heteroatoms. The Kier molecular flexibility index (Phi) is 2.91. The van der Waals surface area contributed by atoms with Gasteiger partial charge in [0.25, 0.3) is 0 Å². The van der Waals surface area contributed by atoms with Crippen LogP contribution in [0, 0.1) is 0 Å². The molecule has 1 aromatic carbocycles. The lowest BCUT2D eigenvalue weighted by Crippen LogP contribution is -2.39. The third-order valence-electron chi connectivity index (χ3n) is 3.67. The molecule has 18 heavy (non-hydrogen) atoms. The molecule has 1 aromatic heterocycles. The van der Waals surface area contributed by atoms with Gasteiger partial charge >= 0.3 is 0 Å². The van der Waals surface area contributed by atoms with Gasteiger partial charge in [-0.3, -0.25) is 0 Å². The van der Waals surface area contributed by atoms with E-state index >= 15 is 0 Å². The van der Waals surface area contributed by atoms with Crippen LogP contribution in [-0.4, -0.2) is 41.3 Å². The Hall–Kier alpha value is -1.62. The maximum atomic E-state index is 5.48. The van der Waals surface area contributed by atoms with Crippen molar-refractivity contribution in [3.8, 4) is 0 Å². The van der Waals surface area contributed by atoms with Crippen LogP contribution in [0.5, 0.6) is 0 Å². The quantitative estimate of drug-likeness (QED) is 0.807. The second-order valence-corrected chi connectivity index (χ2v) is 4.80. The molecule has 5 nitrogen and oxygen atoms in total. The summed E-state index contributed by atoms with van der Waals surface area (Å²) in [6, 6.07) is 6.24. The number of hydrogen-bond donors (Lipinski definition) is 0. The normalized spacial score (nSPS) is 20.6. The van der Waals surface area contributed by atoms with Crippen molar-refractivity contribution in [3.63, 3.8) is 0 Å². The Morgan fingerprint density at radius 1 is 1.39 bits per heavy atom.